The summed E-state index contributed by atoms with van der Waals surface area (Å²) in [4.78, 5) is 0. The molecular weight excluding hydrogens is 232 g/mol. The summed E-state index contributed by atoms with van der Waals surface area (Å²) in [5, 5.41) is 8.27. The van der Waals surface area contributed by atoms with E-state index in [-0.39, 0.29) is 12.1 Å². The van der Waals surface area contributed by atoms with Crippen LogP contribution in [-0.4, -0.2) is 5.21 Å². The maximum atomic E-state index is 12.8. The average molecular weight is 238 g/mol. The van der Waals surface area contributed by atoms with Gasteiger partial charge in [-0.25, -0.2) is 14.3 Å². The smallest absolute Gasteiger partial charge is 0.163 e. The van der Waals surface area contributed by atoms with Crippen molar-refractivity contribution in [2.45, 2.75) is 6.54 Å². The van der Waals surface area contributed by atoms with Crippen LogP contribution in [0.25, 0.3) is 0 Å². The molecular formula is C7H6BrF2NO. The van der Waals surface area contributed by atoms with Crippen LogP contribution in [-0.2, 0) is 6.54 Å². The zero-order chi connectivity index (χ0) is 9.14. The van der Waals surface area contributed by atoms with Crippen LogP contribution in [0.2, 0.25) is 0 Å². The molecule has 0 unspecified atom stereocenters. The van der Waals surface area contributed by atoms with Crippen LogP contribution in [0.3, 0.4) is 0 Å². The number of benzene rings is 1. The molecule has 66 valence electrons. The fraction of sp³-hybridized carbons (Fsp3) is 0.143. The second-order valence-corrected chi connectivity index (χ2v) is 3.11. The van der Waals surface area contributed by atoms with Gasteiger partial charge in [0.15, 0.2) is 11.6 Å². The largest absolute Gasteiger partial charge is 0.316 e. The van der Waals surface area contributed by atoms with E-state index in [0.717, 1.165) is 6.07 Å². The van der Waals surface area contributed by atoms with E-state index in [0.29, 0.717) is 4.47 Å². The van der Waals surface area contributed by atoms with Crippen molar-refractivity contribution in [3.63, 3.8) is 0 Å². The molecule has 0 atom stereocenters. The van der Waals surface area contributed by atoms with Gasteiger partial charge in [-0.3, -0.25) is 0 Å². The summed E-state index contributed by atoms with van der Waals surface area (Å²) >= 11 is 3.00. The lowest BCUT2D eigenvalue weighted by atomic mass is 10.2. The first-order valence-corrected chi connectivity index (χ1v) is 3.95. The number of hydrogen-bond donors (Lipinski definition) is 2. The van der Waals surface area contributed by atoms with Crippen molar-refractivity contribution in [3.8, 4) is 0 Å². The molecule has 0 aliphatic carbocycles. The zero-order valence-corrected chi connectivity index (χ0v) is 7.53. The molecule has 5 heteroatoms. The van der Waals surface area contributed by atoms with Gasteiger partial charge in [-0.1, -0.05) is 15.9 Å². The molecule has 0 spiro atoms. The van der Waals surface area contributed by atoms with Gasteiger partial charge in [-0.05, 0) is 12.1 Å². The van der Waals surface area contributed by atoms with Crippen molar-refractivity contribution in [3.05, 3.63) is 33.8 Å². The van der Waals surface area contributed by atoms with Crippen molar-refractivity contribution in [1.29, 1.82) is 0 Å². The van der Waals surface area contributed by atoms with Crippen LogP contribution >= 0.6 is 15.9 Å². The van der Waals surface area contributed by atoms with Crippen molar-refractivity contribution < 1.29 is 14.0 Å². The van der Waals surface area contributed by atoms with Crippen LogP contribution in [0.5, 0.6) is 0 Å². The highest BCUT2D eigenvalue weighted by Gasteiger charge is 2.08. The molecule has 0 amide bonds. The summed E-state index contributed by atoms with van der Waals surface area (Å²) in [6.45, 7) is -0.123. The minimum absolute atomic E-state index is 0.0735. The molecule has 0 bridgehead atoms. The number of hydrogen-bond acceptors (Lipinski definition) is 2. The first-order valence-electron chi connectivity index (χ1n) is 3.15. The number of hydroxylamine groups is 1. The van der Waals surface area contributed by atoms with Crippen LogP contribution in [0, 0.1) is 11.6 Å². The Balaban J connectivity index is 3.09. The SMILES string of the molecule is ONCc1cc(Br)cc(F)c1F. The van der Waals surface area contributed by atoms with Crippen molar-refractivity contribution >= 4 is 15.9 Å². The van der Waals surface area contributed by atoms with Gasteiger partial charge in [0.25, 0.3) is 0 Å². The highest BCUT2D eigenvalue weighted by atomic mass is 79.9. The first-order chi connectivity index (χ1) is 5.65. The topological polar surface area (TPSA) is 32.3 Å². The molecule has 0 aromatic heterocycles. The van der Waals surface area contributed by atoms with E-state index in [4.69, 9.17) is 5.21 Å². The minimum atomic E-state index is -0.945. The standard InChI is InChI=1S/C7H6BrF2NO/c8-5-1-4(3-11-12)7(10)6(9)2-5/h1-2,11-12H,3H2. The van der Waals surface area contributed by atoms with Gasteiger partial charge in [0, 0.05) is 16.6 Å². The quantitative estimate of drug-likeness (QED) is 0.611. The molecule has 0 fully saturated rings. The van der Waals surface area contributed by atoms with Gasteiger partial charge < -0.3 is 5.21 Å². The predicted molar refractivity (Wildman–Crippen MR) is 42.7 cm³/mol. The van der Waals surface area contributed by atoms with Gasteiger partial charge in [0.1, 0.15) is 0 Å². The Morgan fingerprint density at radius 2 is 2.08 bits per heavy atom. The number of nitrogens with one attached hydrogen (secondary N) is 1. The molecule has 2 nitrogen and oxygen atoms in total. The fourth-order valence-electron chi connectivity index (χ4n) is 0.823. The molecule has 0 saturated heterocycles. The van der Waals surface area contributed by atoms with Crippen LogP contribution in [0.1, 0.15) is 5.56 Å². The predicted octanol–water partition coefficient (Wildman–Crippen LogP) is 2.21. The Labute approximate surface area is 76.3 Å². The third-order valence-corrected chi connectivity index (χ3v) is 1.80. The highest BCUT2D eigenvalue weighted by Crippen LogP contribution is 2.18. The molecule has 12 heavy (non-hydrogen) atoms. The van der Waals surface area contributed by atoms with E-state index in [1.54, 1.807) is 5.48 Å². The summed E-state index contributed by atoms with van der Waals surface area (Å²) in [5.41, 5.74) is 1.83. The van der Waals surface area contributed by atoms with E-state index in [2.05, 4.69) is 15.9 Å². The lowest BCUT2D eigenvalue weighted by molar-refractivity contribution is 0.159. The second kappa shape index (κ2) is 3.93. The minimum Gasteiger partial charge on any atom is -0.316 e. The van der Waals surface area contributed by atoms with Crippen molar-refractivity contribution in [2.24, 2.45) is 0 Å². The molecule has 0 saturated carbocycles. The van der Waals surface area contributed by atoms with Crippen LogP contribution < -0.4 is 5.48 Å². The molecule has 1 rings (SSSR count). The molecule has 1 aromatic rings. The fourth-order valence-corrected chi connectivity index (χ4v) is 1.30. The summed E-state index contributed by atoms with van der Waals surface area (Å²) in [6.07, 6.45) is 0. The lowest BCUT2D eigenvalue weighted by Crippen LogP contribution is -2.08. The molecule has 0 heterocycles. The van der Waals surface area contributed by atoms with Crippen LogP contribution in [0.4, 0.5) is 8.78 Å². The molecule has 2 N–H and O–H groups in total. The molecule has 0 radical (unpaired) electrons. The average Bonchev–Trinajstić information content (AvgIpc) is 2.00. The highest BCUT2D eigenvalue weighted by molar-refractivity contribution is 9.10. The van der Waals surface area contributed by atoms with E-state index in [9.17, 15) is 8.78 Å². The second-order valence-electron chi connectivity index (χ2n) is 2.20. The van der Waals surface area contributed by atoms with Crippen LogP contribution in [0.15, 0.2) is 16.6 Å². The maximum absolute atomic E-state index is 12.8. The third-order valence-electron chi connectivity index (χ3n) is 1.34. The lowest BCUT2D eigenvalue weighted by Gasteiger charge is -2.02. The van der Waals surface area contributed by atoms with E-state index in [1.807, 2.05) is 0 Å². The Morgan fingerprint density at radius 3 is 2.67 bits per heavy atom. The first kappa shape index (κ1) is 9.57. The van der Waals surface area contributed by atoms with E-state index >= 15 is 0 Å². The Hall–Kier alpha value is -0.520. The van der Waals surface area contributed by atoms with Gasteiger partial charge in [0.05, 0.1) is 0 Å². The van der Waals surface area contributed by atoms with Gasteiger partial charge >= 0.3 is 0 Å². The van der Waals surface area contributed by atoms with Gasteiger partial charge in [-0.2, -0.15) is 0 Å². The Kier molecular flexibility index (Phi) is 3.13. The summed E-state index contributed by atoms with van der Waals surface area (Å²) in [7, 11) is 0. The Morgan fingerprint density at radius 1 is 1.42 bits per heavy atom. The molecule has 0 aliphatic heterocycles. The van der Waals surface area contributed by atoms with E-state index < -0.39 is 11.6 Å². The normalized spacial score (nSPS) is 10.3. The maximum Gasteiger partial charge on any atom is 0.163 e. The number of rotatable bonds is 2. The third kappa shape index (κ3) is 2.00. The number of halogens is 3. The summed E-state index contributed by atoms with van der Waals surface area (Å²) in [6, 6.07) is 2.41. The van der Waals surface area contributed by atoms with Crippen molar-refractivity contribution in [1.82, 2.24) is 5.48 Å². The molecule has 0 aliphatic rings. The van der Waals surface area contributed by atoms with Gasteiger partial charge in [-0.15, -0.1) is 0 Å². The molecule has 1 aromatic carbocycles. The zero-order valence-electron chi connectivity index (χ0n) is 5.94. The van der Waals surface area contributed by atoms with Gasteiger partial charge in [0.2, 0.25) is 0 Å². The summed E-state index contributed by atoms with van der Waals surface area (Å²) in [5.74, 6) is -1.88. The monoisotopic (exact) mass is 237 g/mol. The Bertz CT molecular complexity index is 293. The van der Waals surface area contributed by atoms with Crippen molar-refractivity contribution in [2.75, 3.05) is 0 Å². The summed E-state index contributed by atoms with van der Waals surface area (Å²) < 4.78 is 25.9. The van der Waals surface area contributed by atoms with E-state index in [1.165, 1.54) is 6.07 Å².